The van der Waals surface area contributed by atoms with Gasteiger partial charge in [0.15, 0.2) is 0 Å². The van der Waals surface area contributed by atoms with Crippen LogP contribution in [0.3, 0.4) is 0 Å². The number of thiophene rings is 1. The number of imidazole rings is 1. The number of carbonyl (C=O) groups excluding carboxylic acids is 1. The number of aryl methyl sites for hydroxylation is 2. The average molecular weight is 285 g/mol. The van der Waals surface area contributed by atoms with E-state index in [1.54, 1.807) is 0 Å². The van der Waals surface area contributed by atoms with E-state index in [1.807, 2.05) is 54.1 Å². The fourth-order valence-electron chi connectivity index (χ4n) is 2.25. The molecule has 0 saturated carbocycles. The molecule has 0 aliphatic heterocycles. The van der Waals surface area contributed by atoms with Crippen LogP contribution in [0.4, 0.5) is 5.95 Å². The first kappa shape index (κ1) is 12.9. The van der Waals surface area contributed by atoms with Gasteiger partial charge in [0.2, 0.25) is 5.95 Å². The van der Waals surface area contributed by atoms with Gasteiger partial charge in [0, 0.05) is 6.54 Å². The number of amides is 1. The summed E-state index contributed by atoms with van der Waals surface area (Å²) in [6, 6.07) is 9.84. The zero-order chi connectivity index (χ0) is 14.1. The first-order valence-electron chi connectivity index (χ1n) is 6.51. The number of nitrogens with one attached hydrogen (secondary N) is 1. The Kier molecular flexibility index (Phi) is 3.28. The topological polar surface area (TPSA) is 46.9 Å². The maximum absolute atomic E-state index is 12.3. The molecule has 4 nitrogen and oxygen atoms in total. The lowest BCUT2D eigenvalue weighted by Gasteiger charge is -2.07. The van der Waals surface area contributed by atoms with Gasteiger partial charge < -0.3 is 4.57 Å². The quantitative estimate of drug-likeness (QED) is 0.798. The smallest absolute Gasteiger partial charge is 0.268 e. The molecule has 0 unspecified atom stereocenters. The van der Waals surface area contributed by atoms with E-state index in [0.717, 1.165) is 28.0 Å². The molecular formula is C15H15N3OS. The third-order valence-electron chi connectivity index (χ3n) is 3.26. The van der Waals surface area contributed by atoms with Gasteiger partial charge >= 0.3 is 0 Å². The second-order valence-electron chi connectivity index (χ2n) is 4.56. The van der Waals surface area contributed by atoms with Crippen molar-refractivity contribution >= 4 is 34.2 Å². The van der Waals surface area contributed by atoms with Crippen LogP contribution in [0.25, 0.3) is 11.0 Å². The third kappa shape index (κ3) is 2.10. The molecule has 5 heteroatoms. The molecular weight excluding hydrogens is 270 g/mol. The molecule has 0 radical (unpaired) electrons. The Morgan fingerprint density at radius 1 is 1.35 bits per heavy atom. The van der Waals surface area contributed by atoms with Gasteiger partial charge in [-0.25, -0.2) is 4.98 Å². The van der Waals surface area contributed by atoms with Crippen LogP contribution < -0.4 is 5.32 Å². The molecule has 0 fully saturated rings. The molecule has 0 spiro atoms. The monoisotopic (exact) mass is 285 g/mol. The number of hydrogen-bond donors (Lipinski definition) is 1. The minimum Gasteiger partial charge on any atom is -0.310 e. The molecule has 1 aromatic carbocycles. The fourth-order valence-corrected chi connectivity index (χ4v) is 3.07. The Morgan fingerprint density at radius 2 is 2.15 bits per heavy atom. The normalized spacial score (nSPS) is 10.9. The standard InChI is InChI=1S/C15H15N3OS/c1-3-18-12-7-5-4-6-11(12)16-15(18)17-14(19)13-10(2)8-9-20-13/h4-9H,3H2,1-2H3,(H,16,17,19). The van der Waals surface area contributed by atoms with Crippen molar-refractivity contribution in [2.24, 2.45) is 0 Å². The zero-order valence-corrected chi connectivity index (χ0v) is 12.2. The maximum atomic E-state index is 12.3. The van der Waals surface area contributed by atoms with Crippen LogP contribution in [-0.4, -0.2) is 15.5 Å². The highest BCUT2D eigenvalue weighted by atomic mass is 32.1. The van der Waals surface area contributed by atoms with Crippen molar-refractivity contribution in [3.8, 4) is 0 Å². The molecule has 0 atom stereocenters. The Balaban J connectivity index is 1.99. The van der Waals surface area contributed by atoms with Gasteiger partial charge in [-0.15, -0.1) is 11.3 Å². The number of carbonyl (C=O) groups is 1. The molecule has 3 aromatic rings. The Labute approximate surface area is 121 Å². The van der Waals surface area contributed by atoms with E-state index >= 15 is 0 Å². The first-order valence-corrected chi connectivity index (χ1v) is 7.39. The van der Waals surface area contributed by atoms with Crippen molar-refractivity contribution in [1.29, 1.82) is 0 Å². The van der Waals surface area contributed by atoms with Crippen LogP contribution in [0.2, 0.25) is 0 Å². The van der Waals surface area contributed by atoms with E-state index < -0.39 is 0 Å². The summed E-state index contributed by atoms with van der Waals surface area (Å²) < 4.78 is 2.01. The van der Waals surface area contributed by atoms with E-state index in [4.69, 9.17) is 0 Å². The molecule has 0 saturated heterocycles. The van der Waals surface area contributed by atoms with Gasteiger partial charge in [-0.1, -0.05) is 12.1 Å². The summed E-state index contributed by atoms with van der Waals surface area (Å²) in [6.45, 7) is 4.74. The highest BCUT2D eigenvalue weighted by molar-refractivity contribution is 7.12. The van der Waals surface area contributed by atoms with Crippen molar-refractivity contribution < 1.29 is 4.79 Å². The summed E-state index contributed by atoms with van der Waals surface area (Å²) in [6.07, 6.45) is 0. The number of benzene rings is 1. The van der Waals surface area contributed by atoms with Gasteiger partial charge in [0.25, 0.3) is 5.91 Å². The molecule has 20 heavy (non-hydrogen) atoms. The first-order chi connectivity index (χ1) is 9.70. The largest absolute Gasteiger partial charge is 0.310 e. The predicted octanol–water partition coefficient (Wildman–Crippen LogP) is 3.68. The average Bonchev–Trinajstić information content (AvgIpc) is 3.01. The third-order valence-corrected chi connectivity index (χ3v) is 4.28. The van der Waals surface area contributed by atoms with E-state index in [2.05, 4.69) is 10.3 Å². The summed E-state index contributed by atoms with van der Waals surface area (Å²) in [7, 11) is 0. The van der Waals surface area contributed by atoms with E-state index in [1.165, 1.54) is 11.3 Å². The lowest BCUT2D eigenvalue weighted by molar-refractivity contribution is 0.102. The van der Waals surface area contributed by atoms with Crippen LogP contribution >= 0.6 is 11.3 Å². The number of anilines is 1. The van der Waals surface area contributed by atoms with Gasteiger partial charge in [-0.05, 0) is 43.0 Å². The van der Waals surface area contributed by atoms with Crippen LogP contribution in [0, 0.1) is 6.92 Å². The molecule has 2 aromatic heterocycles. The molecule has 0 aliphatic carbocycles. The summed E-state index contributed by atoms with van der Waals surface area (Å²) in [5, 5.41) is 4.84. The maximum Gasteiger partial charge on any atom is 0.268 e. The lowest BCUT2D eigenvalue weighted by atomic mass is 10.3. The van der Waals surface area contributed by atoms with Crippen molar-refractivity contribution in [2.45, 2.75) is 20.4 Å². The number of hydrogen-bond acceptors (Lipinski definition) is 3. The second-order valence-corrected chi connectivity index (χ2v) is 5.47. The Morgan fingerprint density at radius 3 is 2.85 bits per heavy atom. The van der Waals surface area contributed by atoms with Gasteiger partial charge in [-0.2, -0.15) is 0 Å². The lowest BCUT2D eigenvalue weighted by Crippen LogP contribution is -2.15. The number of rotatable bonds is 3. The number of nitrogens with zero attached hydrogens (tertiary/aromatic N) is 2. The number of aromatic nitrogens is 2. The van der Waals surface area contributed by atoms with Crippen molar-refractivity contribution in [1.82, 2.24) is 9.55 Å². The molecule has 2 heterocycles. The molecule has 1 amide bonds. The highest BCUT2D eigenvalue weighted by Gasteiger charge is 2.15. The minimum absolute atomic E-state index is 0.0949. The van der Waals surface area contributed by atoms with Crippen LogP contribution in [0.15, 0.2) is 35.7 Å². The summed E-state index contributed by atoms with van der Waals surface area (Å²) in [5.41, 5.74) is 2.92. The van der Waals surface area contributed by atoms with E-state index in [-0.39, 0.29) is 5.91 Å². The van der Waals surface area contributed by atoms with Gasteiger partial charge in [0.1, 0.15) is 0 Å². The van der Waals surface area contributed by atoms with E-state index in [9.17, 15) is 4.79 Å². The minimum atomic E-state index is -0.0949. The summed E-state index contributed by atoms with van der Waals surface area (Å²) >= 11 is 1.45. The summed E-state index contributed by atoms with van der Waals surface area (Å²) in [4.78, 5) is 17.5. The SMILES string of the molecule is CCn1c(NC(=O)c2sccc2C)nc2ccccc21. The Hall–Kier alpha value is -2.14. The van der Waals surface area contributed by atoms with Crippen molar-refractivity contribution in [2.75, 3.05) is 5.32 Å². The van der Waals surface area contributed by atoms with Gasteiger partial charge in [-0.3, -0.25) is 10.1 Å². The molecule has 102 valence electrons. The van der Waals surface area contributed by atoms with E-state index in [0.29, 0.717) is 5.95 Å². The highest BCUT2D eigenvalue weighted by Crippen LogP contribution is 2.21. The summed E-state index contributed by atoms with van der Waals surface area (Å²) in [5.74, 6) is 0.508. The Bertz CT molecular complexity index is 772. The van der Waals surface area contributed by atoms with Crippen LogP contribution in [-0.2, 0) is 6.54 Å². The molecule has 1 N–H and O–H groups in total. The molecule has 0 aliphatic rings. The predicted molar refractivity (Wildman–Crippen MR) is 82.4 cm³/mol. The number of fused-ring (bicyclic) bond motifs is 1. The van der Waals surface area contributed by atoms with Crippen LogP contribution in [0.1, 0.15) is 22.2 Å². The van der Waals surface area contributed by atoms with Crippen LogP contribution in [0.5, 0.6) is 0 Å². The number of para-hydroxylation sites is 2. The molecule has 3 rings (SSSR count). The van der Waals surface area contributed by atoms with Crippen molar-refractivity contribution in [3.63, 3.8) is 0 Å². The molecule has 0 bridgehead atoms. The zero-order valence-electron chi connectivity index (χ0n) is 11.4. The van der Waals surface area contributed by atoms with Crippen molar-refractivity contribution in [3.05, 3.63) is 46.2 Å². The fraction of sp³-hybridized carbons (Fsp3) is 0.200. The van der Waals surface area contributed by atoms with Gasteiger partial charge in [0.05, 0.1) is 15.9 Å². The second kappa shape index (κ2) is 5.09.